The molecule has 1 aliphatic heterocycles. The van der Waals surface area contributed by atoms with Crippen LogP contribution in [0.25, 0.3) is 0 Å². The summed E-state index contributed by atoms with van der Waals surface area (Å²) in [6.07, 6.45) is -1.64. The fourth-order valence-corrected chi connectivity index (χ4v) is 8.78. The third kappa shape index (κ3) is 10.0. The first-order chi connectivity index (χ1) is 33.0. The SMILES string of the molecule is O=C(O)C(=NOC(OC(c1ccccc1)c1ccccc1)C1=NC=C(OC(c2ccccc2)c2ccccc2)C(=O)C1)c1csc(NC(c2ccccc2)(c2ccccc2)c2ccccc2)n1. The molecule has 1 aromatic heterocycles. The predicted octanol–water partition coefficient (Wildman–Crippen LogP) is 11.5. The van der Waals surface area contributed by atoms with Crippen molar-refractivity contribution in [1.29, 1.82) is 0 Å². The maximum absolute atomic E-state index is 14.1. The number of aliphatic carboxylic acids is 1. The molecule has 0 radical (unpaired) electrons. The molecule has 10 nitrogen and oxygen atoms in total. The van der Waals surface area contributed by atoms with Gasteiger partial charge in [0.05, 0.1) is 18.3 Å². The van der Waals surface area contributed by atoms with E-state index in [9.17, 15) is 14.7 Å². The summed E-state index contributed by atoms with van der Waals surface area (Å²) in [6.45, 7) is 0. The number of nitrogens with one attached hydrogen (secondary N) is 1. The van der Waals surface area contributed by atoms with E-state index in [1.807, 2.05) is 212 Å². The number of oxime groups is 1. The third-order valence-corrected chi connectivity index (χ3v) is 12.0. The lowest BCUT2D eigenvalue weighted by molar-refractivity contribution is -0.133. The Kier molecular flexibility index (Phi) is 13.6. The molecule has 0 saturated heterocycles. The second-order valence-electron chi connectivity index (χ2n) is 15.6. The minimum absolute atomic E-state index is 0.0506. The summed E-state index contributed by atoms with van der Waals surface area (Å²) in [7, 11) is 0. The van der Waals surface area contributed by atoms with E-state index in [4.69, 9.17) is 19.3 Å². The molecule has 2 N–H and O–H groups in total. The summed E-state index contributed by atoms with van der Waals surface area (Å²) >= 11 is 1.23. The minimum atomic E-state index is -1.43. The van der Waals surface area contributed by atoms with E-state index in [2.05, 4.69) is 15.5 Å². The van der Waals surface area contributed by atoms with Crippen molar-refractivity contribution in [1.82, 2.24) is 4.98 Å². The van der Waals surface area contributed by atoms with Gasteiger partial charge in [-0.3, -0.25) is 9.79 Å². The largest absolute Gasteiger partial charge is 0.476 e. The van der Waals surface area contributed by atoms with Crippen molar-refractivity contribution < 1.29 is 29.0 Å². The molecule has 0 bridgehead atoms. The van der Waals surface area contributed by atoms with Gasteiger partial charge in [-0.1, -0.05) is 217 Å². The molecule has 0 fully saturated rings. The number of nitrogens with zero attached hydrogens (tertiary/aromatic N) is 3. The highest BCUT2D eigenvalue weighted by Gasteiger charge is 2.38. The van der Waals surface area contributed by atoms with Crippen LogP contribution < -0.4 is 5.32 Å². The Morgan fingerprint density at radius 1 is 0.612 bits per heavy atom. The van der Waals surface area contributed by atoms with E-state index in [0.717, 1.165) is 38.9 Å². The maximum atomic E-state index is 14.1. The van der Waals surface area contributed by atoms with Gasteiger partial charge in [0.2, 0.25) is 11.5 Å². The number of anilines is 1. The van der Waals surface area contributed by atoms with E-state index in [-0.39, 0.29) is 29.4 Å². The molecule has 11 heteroatoms. The molecule has 330 valence electrons. The van der Waals surface area contributed by atoms with Gasteiger partial charge in [0.1, 0.15) is 23.4 Å². The van der Waals surface area contributed by atoms with Crippen molar-refractivity contribution in [3.8, 4) is 0 Å². The standard InChI is InChI=1S/C56H44N4O6S/c61-48-36-46(57-37-49(48)64-51(39-22-8-1-9-23-39)40-24-10-2-11-25-40)54(65-52(41-26-12-3-13-27-41)42-28-14-4-15-29-42)66-60-50(53(62)63)47-38-67-55(58-47)59-56(43-30-16-5-17-31-43,44-32-18-6-19-33-44)45-34-20-7-21-35-45/h1-35,37-38,51-52,54H,36H2,(H,58,59)(H,62,63). The van der Waals surface area contributed by atoms with E-state index in [1.165, 1.54) is 17.5 Å². The van der Waals surface area contributed by atoms with Crippen LogP contribution in [0.5, 0.6) is 0 Å². The fourth-order valence-electron chi connectivity index (χ4n) is 8.03. The normalized spacial score (nSPS) is 13.4. The lowest BCUT2D eigenvalue weighted by Gasteiger charge is -2.36. The number of benzene rings is 7. The van der Waals surface area contributed by atoms with Gasteiger partial charge in [0.25, 0.3) is 6.29 Å². The first-order valence-electron chi connectivity index (χ1n) is 21.7. The minimum Gasteiger partial charge on any atom is -0.476 e. The number of ether oxygens (including phenoxy) is 2. The van der Waals surface area contributed by atoms with Crippen LogP contribution in [-0.2, 0) is 29.4 Å². The van der Waals surface area contributed by atoms with Crippen LogP contribution in [0.1, 0.15) is 63.3 Å². The van der Waals surface area contributed by atoms with Crippen LogP contribution in [0, 0.1) is 0 Å². The van der Waals surface area contributed by atoms with Gasteiger partial charge in [-0.2, -0.15) is 0 Å². The number of hydrogen-bond acceptors (Lipinski definition) is 10. The number of aromatic nitrogens is 1. The number of aliphatic imine (C=N–C) groups is 1. The van der Waals surface area contributed by atoms with Crippen molar-refractivity contribution in [2.45, 2.75) is 30.5 Å². The molecular weight excluding hydrogens is 857 g/mol. The molecule has 0 aliphatic carbocycles. The highest BCUT2D eigenvalue weighted by Crippen LogP contribution is 2.41. The first-order valence-corrected chi connectivity index (χ1v) is 22.5. The van der Waals surface area contributed by atoms with E-state index < -0.39 is 35.7 Å². The Bertz CT molecular complexity index is 2810. The molecule has 1 atom stereocenters. The zero-order chi connectivity index (χ0) is 45.8. The molecule has 67 heavy (non-hydrogen) atoms. The molecular formula is C56H44N4O6S. The smallest absolute Gasteiger partial charge is 0.360 e. The molecule has 0 amide bonds. The highest BCUT2D eigenvalue weighted by molar-refractivity contribution is 7.14. The maximum Gasteiger partial charge on any atom is 0.360 e. The number of carbonyl (C=O) groups is 2. The molecule has 1 aliphatic rings. The van der Waals surface area contributed by atoms with Crippen molar-refractivity contribution >= 4 is 39.6 Å². The monoisotopic (exact) mass is 900 g/mol. The fraction of sp³-hybridized carbons (Fsp3) is 0.0893. The Morgan fingerprint density at radius 2 is 1.03 bits per heavy atom. The van der Waals surface area contributed by atoms with Crippen molar-refractivity contribution in [2.75, 3.05) is 5.32 Å². The number of carboxylic acids is 1. The molecule has 0 saturated carbocycles. The van der Waals surface area contributed by atoms with Crippen LogP contribution in [-0.4, -0.2) is 39.6 Å². The average Bonchev–Trinajstić information content (AvgIpc) is 3.85. The second-order valence-corrected chi connectivity index (χ2v) is 16.4. The van der Waals surface area contributed by atoms with Gasteiger partial charge in [-0.15, -0.1) is 11.3 Å². The van der Waals surface area contributed by atoms with Crippen molar-refractivity contribution in [3.63, 3.8) is 0 Å². The summed E-state index contributed by atoms with van der Waals surface area (Å²) in [5, 5.41) is 20.7. The summed E-state index contributed by atoms with van der Waals surface area (Å²) < 4.78 is 13.2. The van der Waals surface area contributed by atoms with Gasteiger partial charge in [0, 0.05) is 5.38 Å². The van der Waals surface area contributed by atoms with Crippen LogP contribution in [0.15, 0.2) is 240 Å². The van der Waals surface area contributed by atoms with Gasteiger partial charge in [0.15, 0.2) is 10.9 Å². The number of Topliss-reactive ketones (excluding diaryl/α,β-unsaturated/α-hetero) is 1. The van der Waals surface area contributed by atoms with E-state index >= 15 is 0 Å². The Hall–Kier alpha value is -8.25. The van der Waals surface area contributed by atoms with Gasteiger partial charge in [-0.25, -0.2) is 9.78 Å². The first kappa shape index (κ1) is 44.0. The van der Waals surface area contributed by atoms with Crippen LogP contribution in [0.4, 0.5) is 5.13 Å². The number of rotatable bonds is 18. The molecule has 0 spiro atoms. The molecule has 8 aromatic rings. The average molecular weight is 901 g/mol. The number of carboxylic acid groups (broad SMARTS) is 1. The zero-order valence-corrected chi connectivity index (χ0v) is 36.9. The van der Waals surface area contributed by atoms with Crippen LogP contribution in [0.2, 0.25) is 0 Å². The third-order valence-electron chi connectivity index (χ3n) is 11.3. The number of ketones is 1. The summed E-state index contributed by atoms with van der Waals surface area (Å²) in [6, 6.07) is 68.4. The van der Waals surface area contributed by atoms with Crippen molar-refractivity contribution in [2.24, 2.45) is 10.1 Å². The van der Waals surface area contributed by atoms with Gasteiger partial charge < -0.3 is 24.7 Å². The molecule has 9 rings (SSSR count). The number of carbonyl (C=O) groups excluding carboxylic acids is 1. The number of thiazole rings is 1. The van der Waals surface area contributed by atoms with Crippen LogP contribution in [0.3, 0.4) is 0 Å². The Morgan fingerprint density at radius 3 is 1.45 bits per heavy atom. The highest BCUT2D eigenvalue weighted by atomic mass is 32.1. The molecule has 2 heterocycles. The summed E-state index contributed by atoms with van der Waals surface area (Å²) in [4.78, 5) is 42.8. The Labute approximate surface area is 392 Å². The van der Waals surface area contributed by atoms with E-state index in [0.29, 0.717) is 5.13 Å². The zero-order valence-electron chi connectivity index (χ0n) is 36.0. The van der Waals surface area contributed by atoms with Gasteiger partial charge >= 0.3 is 5.97 Å². The second kappa shape index (κ2) is 20.7. The molecule has 7 aromatic carbocycles. The topological polar surface area (TPSA) is 132 Å². The summed E-state index contributed by atoms with van der Waals surface area (Å²) in [5.74, 6) is -1.70. The van der Waals surface area contributed by atoms with Crippen molar-refractivity contribution in [3.05, 3.63) is 274 Å². The van der Waals surface area contributed by atoms with E-state index in [1.54, 1.807) is 5.38 Å². The van der Waals surface area contributed by atoms with Gasteiger partial charge in [-0.05, 0) is 38.9 Å². The lowest BCUT2D eigenvalue weighted by atomic mass is 9.77. The predicted molar refractivity (Wildman–Crippen MR) is 261 cm³/mol. The summed E-state index contributed by atoms with van der Waals surface area (Å²) in [5.41, 5.74) is 4.97. The molecule has 1 unspecified atom stereocenters. The number of hydrogen-bond donors (Lipinski definition) is 2. The van der Waals surface area contributed by atoms with Crippen LogP contribution >= 0.6 is 11.3 Å². The quantitative estimate of drug-likeness (QED) is 0.0377. The number of allylic oxidation sites excluding steroid dienone is 1. The Balaban J connectivity index is 1.08. The lowest BCUT2D eigenvalue weighted by Crippen LogP contribution is -2.38.